The number of esters is 2. The molecule has 39 heavy (non-hydrogen) atoms. The summed E-state index contributed by atoms with van der Waals surface area (Å²) in [5.74, 6) is -6.37. The number of phenolic OH excluding ortho intramolecular Hbond substituents is 1. The molecule has 2 aliphatic rings. The van der Waals surface area contributed by atoms with Gasteiger partial charge < -0.3 is 24.8 Å². The van der Waals surface area contributed by atoms with E-state index < -0.39 is 75.2 Å². The maximum absolute atomic E-state index is 12.9. The maximum atomic E-state index is 12.9. The van der Waals surface area contributed by atoms with Gasteiger partial charge in [0.1, 0.15) is 18.1 Å². The van der Waals surface area contributed by atoms with Crippen molar-refractivity contribution in [1.29, 1.82) is 0 Å². The molecule has 1 fully saturated rings. The maximum Gasteiger partial charge on any atom is 1.00 e. The summed E-state index contributed by atoms with van der Waals surface area (Å²) in [7, 11) is -4.09. The summed E-state index contributed by atoms with van der Waals surface area (Å²) >= 11 is 0. The molecule has 1 atom stereocenters. The molecule has 198 valence electrons. The number of benzene rings is 1. The van der Waals surface area contributed by atoms with Crippen LogP contribution in [-0.2, 0) is 44.9 Å². The first-order chi connectivity index (χ1) is 18.0. The molecule has 0 radical (unpaired) electrons. The van der Waals surface area contributed by atoms with Gasteiger partial charge in [-0.1, -0.05) is 23.9 Å². The van der Waals surface area contributed by atoms with Crippen molar-refractivity contribution < 1.29 is 81.9 Å². The number of amides is 1. The van der Waals surface area contributed by atoms with Crippen LogP contribution in [0.25, 0.3) is 6.08 Å². The number of β-lactam (4-membered cyclic amide) rings is 1. The summed E-state index contributed by atoms with van der Waals surface area (Å²) in [4.78, 5) is 53.3. The molecule has 1 aromatic carbocycles. The minimum absolute atomic E-state index is 0. The van der Waals surface area contributed by atoms with Gasteiger partial charge in [-0.15, -0.1) is 0 Å². The van der Waals surface area contributed by atoms with Gasteiger partial charge in [-0.05, 0) is 29.8 Å². The van der Waals surface area contributed by atoms with E-state index in [2.05, 4.69) is 4.98 Å². The fourth-order valence-electron chi connectivity index (χ4n) is 3.91. The molecule has 2 aromatic rings. The van der Waals surface area contributed by atoms with Crippen molar-refractivity contribution >= 4 is 39.7 Å². The Morgan fingerprint density at radius 2 is 1.90 bits per heavy atom. The van der Waals surface area contributed by atoms with Crippen LogP contribution in [0.15, 0.2) is 59.4 Å². The van der Waals surface area contributed by atoms with Crippen molar-refractivity contribution in [2.45, 2.75) is 11.8 Å². The van der Waals surface area contributed by atoms with Gasteiger partial charge in [0.25, 0.3) is 5.91 Å². The standard InChI is InChI=1S/C24H20N2O11S.Na/c27-17-5-4-13(7-18(17)28)8-19(29)37-11-20(30)36-10-14-12-38(34,35)23-16(9-15-3-1-2-6-25-15)22(31)26(23)21(14)24(32)33;/h1-7,9,23,27-28H,8,10-12H2,(H,32,33);/q;+1/p-1/b16-9-;/t23-;/m1./s1. The molecule has 0 unspecified atom stereocenters. The number of carbonyl (C=O) groups excluding carboxylic acids is 3. The third-order valence-corrected chi connectivity index (χ3v) is 7.48. The number of carboxylic acid groups (broad SMARTS) is 1. The van der Waals surface area contributed by atoms with Gasteiger partial charge in [0.05, 0.1) is 23.4 Å². The number of nitrogens with zero attached hydrogens (tertiary/aromatic N) is 2. The molecule has 1 amide bonds. The number of fused-ring (bicyclic) bond motifs is 1. The Bertz CT molecular complexity index is 1500. The number of phenols is 1. The molecular weight excluding hydrogens is 547 g/mol. The van der Waals surface area contributed by atoms with Gasteiger partial charge >= 0.3 is 47.5 Å². The number of ether oxygens (including phenoxy) is 2. The molecule has 0 bridgehead atoms. The number of sulfone groups is 1. The second-order valence-electron chi connectivity index (χ2n) is 8.25. The number of carbonyl (C=O) groups is 4. The van der Waals surface area contributed by atoms with E-state index in [4.69, 9.17) is 9.47 Å². The second kappa shape index (κ2) is 12.0. The van der Waals surface area contributed by atoms with Crippen LogP contribution >= 0.6 is 0 Å². The summed E-state index contributed by atoms with van der Waals surface area (Å²) in [6.45, 7) is -1.64. The fourth-order valence-corrected chi connectivity index (χ4v) is 5.86. The monoisotopic (exact) mass is 566 g/mol. The van der Waals surface area contributed by atoms with Crippen molar-refractivity contribution in [3.05, 3.63) is 70.7 Å². The van der Waals surface area contributed by atoms with Crippen molar-refractivity contribution in [3.8, 4) is 11.5 Å². The van der Waals surface area contributed by atoms with E-state index in [1.54, 1.807) is 18.2 Å². The number of carboxylic acids is 1. The molecule has 0 spiro atoms. The Balaban J connectivity index is 0.00000420. The van der Waals surface area contributed by atoms with Gasteiger partial charge in [0.2, 0.25) is 0 Å². The largest absolute Gasteiger partial charge is 1.00 e. The molecule has 2 N–H and O–H groups in total. The van der Waals surface area contributed by atoms with E-state index in [0.717, 1.165) is 12.1 Å². The molecule has 0 saturated carbocycles. The van der Waals surface area contributed by atoms with Gasteiger partial charge in [-0.25, -0.2) is 18.0 Å². The molecule has 3 heterocycles. The Labute approximate surface area is 243 Å². The van der Waals surface area contributed by atoms with E-state index in [0.29, 0.717) is 10.6 Å². The van der Waals surface area contributed by atoms with E-state index in [9.17, 15) is 42.9 Å². The Morgan fingerprint density at radius 1 is 1.15 bits per heavy atom. The first-order valence-electron chi connectivity index (χ1n) is 10.9. The quantitative estimate of drug-likeness (QED) is 0.139. The first kappa shape index (κ1) is 29.8. The van der Waals surface area contributed by atoms with Gasteiger partial charge in [-0.3, -0.25) is 19.5 Å². The third-order valence-electron chi connectivity index (χ3n) is 5.58. The Kier molecular flexibility index (Phi) is 9.17. The van der Waals surface area contributed by atoms with Crippen molar-refractivity contribution in [3.63, 3.8) is 0 Å². The van der Waals surface area contributed by atoms with Crippen LogP contribution in [0.3, 0.4) is 0 Å². The van der Waals surface area contributed by atoms with Crippen LogP contribution < -0.4 is 34.7 Å². The zero-order chi connectivity index (χ0) is 27.6. The Morgan fingerprint density at radius 3 is 2.54 bits per heavy atom. The summed E-state index contributed by atoms with van der Waals surface area (Å²) in [5, 5.41) is 28.8. The number of hydrogen-bond donors (Lipinski definition) is 2. The van der Waals surface area contributed by atoms with E-state index in [1.807, 2.05) is 0 Å². The summed E-state index contributed by atoms with van der Waals surface area (Å²) in [5.41, 5.74) is -0.496. The van der Waals surface area contributed by atoms with E-state index in [-0.39, 0.29) is 52.7 Å². The number of aliphatic carboxylic acids is 1. The zero-order valence-electron chi connectivity index (χ0n) is 20.4. The van der Waals surface area contributed by atoms with Crippen LogP contribution in [-0.4, -0.2) is 76.7 Å². The topological polar surface area (TPSA) is 201 Å². The number of aromatic hydroxyl groups is 1. The molecule has 4 rings (SSSR count). The molecule has 15 heteroatoms. The smallest absolute Gasteiger partial charge is 0.870 e. The van der Waals surface area contributed by atoms with Crippen molar-refractivity contribution in [2.75, 3.05) is 19.0 Å². The number of aromatic nitrogens is 1. The minimum atomic E-state index is -4.09. The van der Waals surface area contributed by atoms with Gasteiger partial charge in [-0.2, -0.15) is 0 Å². The fraction of sp³-hybridized carbons (Fsp3) is 0.208. The van der Waals surface area contributed by atoms with Gasteiger partial charge in [0, 0.05) is 11.8 Å². The average molecular weight is 566 g/mol. The predicted molar refractivity (Wildman–Crippen MR) is 124 cm³/mol. The molecule has 2 aliphatic heterocycles. The van der Waals surface area contributed by atoms with Crippen molar-refractivity contribution in [2.24, 2.45) is 0 Å². The molecule has 0 aliphatic carbocycles. The van der Waals surface area contributed by atoms with Crippen molar-refractivity contribution in [1.82, 2.24) is 9.88 Å². The first-order valence-corrected chi connectivity index (χ1v) is 12.6. The SMILES string of the molecule is O=C(COC(=O)Cc1ccc([O-])c(O)c1)OCC1=C(C(=O)O)N2C(=O)/C(=C/c3ccccn3)[C@H]2S(=O)(=O)C1.[Na+]. The predicted octanol–water partition coefficient (Wildman–Crippen LogP) is -3.49. The molecule has 1 aromatic heterocycles. The van der Waals surface area contributed by atoms with Crippen LogP contribution in [0.5, 0.6) is 11.5 Å². The van der Waals surface area contributed by atoms with Crippen LogP contribution in [0.2, 0.25) is 0 Å². The van der Waals surface area contributed by atoms with Crippen LogP contribution in [0.4, 0.5) is 0 Å². The Hall–Kier alpha value is -3.72. The van der Waals surface area contributed by atoms with Crippen LogP contribution in [0, 0.1) is 0 Å². The van der Waals surface area contributed by atoms with Gasteiger partial charge in [0.15, 0.2) is 21.8 Å². The summed E-state index contributed by atoms with van der Waals surface area (Å²) in [6.07, 6.45) is 2.36. The molecule has 1 saturated heterocycles. The van der Waals surface area contributed by atoms with Crippen LogP contribution in [0.1, 0.15) is 11.3 Å². The second-order valence-corrected chi connectivity index (χ2v) is 10.3. The normalized spacial score (nSPS) is 18.5. The number of pyridine rings is 1. The zero-order valence-corrected chi connectivity index (χ0v) is 23.2. The molecular formula is C24H19N2NaO11S. The summed E-state index contributed by atoms with van der Waals surface area (Å²) < 4.78 is 35.5. The average Bonchev–Trinajstić information content (AvgIpc) is 2.86. The minimum Gasteiger partial charge on any atom is -0.870 e. The molecule has 13 nitrogen and oxygen atoms in total. The summed E-state index contributed by atoms with van der Waals surface area (Å²) in [6, 6.07) is 8.25. The van der Waals surface area contributed by atoms with E-state index >= 15 is 0 Å². The number of hydrogen-bond acceptors (Lipinski definition) is 11. The van der Waals surface area contributed by atoms with E-state index in [1.165, 1.54) is 18.3 Å². The number of rotatable bonds is 8. The third kappa shape index (κ3) is 6.47.